The van der Waals surface area contributed by atoms with Crippen molar-refractivity contribution in [1.82, 2.24) is 0 Å². The first-order valence-electron chi connectivity index (χ1n) is 7.23. The second kappa shape index (κ2) is 13.9. The van der Waals surface area contributed by atoms with Crippen molar-refractivity contribution in [1.29, 1.82) is 0 Å². The van der Waals surface area contributed by atoms with Crippen molar-refractivity contribution in [2.24, 2.45) is 0 Å². The van der Waals surface area contributed by atoms with Gasteiger partial charge in [-0.1, -0.05) is 44.8 Å². The maximum atomic E-state index is 5.61. The summed E-state index contributed by atoms with van der Waals surface area (Å²) >= 11 is 0. The van der Waals surface area contributed by atoms with Crippen LogP contribution in [0.5, 0.6) is 0 Å². The number of unbranched alkanes of at least 4 members (excludes halogenated alkanes) is 5. The van der Waals surface area contributed by atoms with Gasteiger partial charge >= 0.3 is 9.28 Å². The lowest BCUT2D eigenvalue weighted by atomic mass is 10.1. The molecule has 0 radical (unpaired) electrons. The molecule has 0 saturated heterocycles. The van der Waals surface area contributed by atoms with Gasteiger partial charge in [0, 0.05) is 19.3 Å². The fourth-order valence-corrected chi connectivity index (χ4v) is 3.27. The highest BCUT2D eigenvalue weighted by molar-refractivity contribution is 6.45. The summed E-state index contributed by atoms with van der Waals surface area (Å²) in [4.78, 5) is 0. The predicted molar refractivity (Wildman–Crippen MR) is 77.7 cm³/mol. The Kier molecular flexibility index (Phi) is 13.8. The van der Waals surface area contributed by atoms with Crippen LogP contribution in [0.1, 0.15) is 59.3 Å². The third-order valence-corrected chi connectivity index (χ3v) is 4.74. The lowest BCUT2D eigenvalue weighted by Gasteiger charge is -2.12. The second-order valence-electron chi connectivity index (χ2n) is 4.25. The van der Waals surface area contributed by atoms with Gasteiger partial charge in [0.2, 0.25) is 0 Å². The molecule has 0 heterocycles. The zero-order chi connectivity index (χ0) is 12.8. The van der Waals surface area contributed by atoms with Gasteiger partial charge in [0.1, 0.15) is 0 Å². The van der Waals surface area contributed by atoms with E-state index in [1.807, 2.05) is 13.8 Å². The molecule has 0 bridgehead atoms. The molecular formula is C14H30O2Si. The summed E-state index contributed by atoms with van der Waals surface area (Å²) in [6.45, 7) is 7.89. The van der Waals surface area contributed by atoms with Gasteiger partial charge in [0.25, 0.3) is 0 Å². The van der Waals surface area contributed by atoms with Crippen molar-refractivity contribution >= 4 is 9.28 Å². The van der Waals surface area contributed by atoms with E-state index in [9.17, 15) is 0 Å². The first kappa shape index (κ1) is 16.9. The molecule has 0 unspecified atom stereocenters. The van der Waals surface area contributed by atoms with Crippen molar-refractivity contribution in [2.45, 2.75) is 65.3 Å². The second-order valence-corrected chi connectivity index (χ2v) is 6.25. The molecular weight excluding hydrogens is 228 g/mol. The lowest BCUT2D eigenvalue weighted by molar-refractivity contribution is 0.216. The molecule has 0 aliphatic carbocycles. The summed E-state index contributed by atoms with van der Waals surface area (Å²) in [7, 11) is -1.39. The standard InChI is InChI=1S/C14H30O2Si/c1-4-7-8-9-10-11-12-13-14-17(15-5-2)16-6-3/h12-13,17H,4-11,14H2,1-3H3. The predicted octanol–water partition coefficient (Wildman–Crippen LogP) is 4.20. The summed E-state index contributed by atoms with van der Waals surface area (Å²) in [5.41, 5.74) is 0. The van der Waals surface area contributed by atoms with Crippen LogP contribution in [0.3, 0.4) is 0 Å². The molecule has 0 aromatic carbocycles. The fourth-order valence-electron chi connectivity index (χ4n) is 1.75. The Hall–Kier alpha value is -0.123. The molecule has 0 rings (SSSR count). The third kappa shape index (κ3) is 12.1. The molecule has 17 heavy (non-hydrogen) atoms. The molecule has 0 fully saturated rings. The van der Waals surface area contributed by atoms with E-state index in [0.717, 1.165) is 19.3 Å². The minimum atomic E-state index is -1.39. The molecule has 0 atom stereocenters. The molecule has 0 N–H and O–H groups in total. The Labute approximate surface area is 109 Å². The van der Waals surface area contributed by atoms with Gasteiger partial charge in [0.15, 0.2) is 0 Å². The normalized spacial score (nSPS) is 11.8. The zero-order valence-electron chi connectivity index (χ0n) is 11.9. The van der Waals surface area contributed by atoms with Crippen LogP contribution in [0, 0.1) is 0 Å². The SMILES string of the molecule is CCCCCCCC=CC[SiH](OCC)OCC. The molecule has 0 aliphatic rings. The fraction of sp³-hybridized carbons (Fsp3) is 0.857. The molecule has 0 aromatic rings. The van der Waals surface area contributed by atoms with Gasteiger partial charge < -0.3 is 8.85 Å². The van der Waals surface area contributed by atoms with E-state index in [1.165, 1.54) is 38.5 Å². The van der Waals surface area contributed by atoms with Crippen molar-refractivity contribution in [2.75, 3.05) is 13.2 Å². The first-order valence-corrected chi connectivity index (χ1v) is 8.99. The van der Waals surface area contributed by atoms with E-state index in [4.69, 9.17) is 8.85 Å². The van der Waals surface area contributed by atoms with Crippen LogP contribution in [0.15, 0.2) is 12.2 Å². The monoisotopic (exact) mass is 258 g/mol. The van der Waals surface area contributed by atoms with Gasteiger partial charge in [-0.3, -0.25) is 0 Å². The molecule has 0 saturated carbocycles. The highest BCUT2D eigenvalue weighted by Crippen LogP contribution is 2.06. The number of hydrogen-bond donors (Lipinski definition) is 0. The maximum Gasteiger partial charge on any atom is 0.325 e. The van der Waals surface area contributed by atoms with Gasteiger partial charge in [-0.05, 0) is 26.7 Å². The van der Waals surface area contributed by atoms with Crippen molar-refractivity contribution in [3.8, 4) is 0 Å². The van der Waals surface area contributed by atoms with Gasteiger partial charge in [-0.15, -0.1) is 0 Å². The number of rotatable bonds is 12. The van der Waals surface area contributed by atoms with Crippen LogP contribution in [0.4, 0.5) is 0 Å². The van der Waals surface area contributed by atoms with E-state index >= 15 is 0 Å². The molecule has 0 amide bonds. The maximum absolute atomic E-state index is 5.61. The Morgan fingerprint density at radius 3 is 2.06 bits per heavy atom. The van der Waals surface area contributed by atoms with Crippen molar-refractivity contribution < 1.29 is 8.85 Å². The summed E-state index contributed by atoms with van der Waals surface area (Å²) < 4.78 is 11.2. The molecule has 102 valence electrons. The van der Waals surface area contributed by atoms with Crippen LogP contribution in [-0.2, 0) is 8.85 Å². The quantitative estimate of drug-likeness (QED) is 0.297. The molecule has 0 spiro atoms. The number of allylic oxidation sites excluding steroid dienone is 2. The minimum absolute atomic E-state index is 0.780. The Balaban J connectivity index is 3.42. The Bertz CT molecular complexity index is 166. The highest BCUT2D eigenvalue weighted by atomic mass is 28.3. The highest BCUT2D eigenvalue weighted by Gasteiger charge is 2.08. The van der Waals surface area contributed by atoms with Crippen molar-refractivity contribution in [3.63, 3.8) is 0 Å². The van der Waals surface area contributed by atoms with Crippen LogP contribution >= 0.6 is 0 Å². The van der Waals surface area contributed by atoms with E-state index in [-0.39, 0.29) is 0 Å². The summed E-state index contributed by atoms with van der Waals surface area (Å²) in [6, 6.07) is 1.01. The first-order chi connectivity index (χ1) is 8.35. The molecule has 2 nitrogen and oxygen atoms in total. The smallest absolute Gasteiger partial charge is 0.325 e. The third-order valence-electron chi connectivity index (χ3n) is 2.67. The van der Waals surface area contributed by atoms with Gasteiger partial charge in [0.05, 0.1) is 0 Å². The van der Waals surface area contributed by atoms with Crippen molar-refractivity contribution in [3.05, 3.63) is 12.2 Å². The molecule has 0 aliphatic heterocycles. The summed E-state index contributed by atoms with van der Waals surface area (Å²) in [5.74, 6) is 0. The Morgan fingerprint density at radius 2 is 1.47 bits per heavy atom. The zero-order valence-corrected chi connectivity index (χ0v) is 13.1. The number of hydrogen-bond acceptors (Lipinski definition) is 2. The lowest BCUT2D eigenvalue weighted by Crippen LogP contribution is -2.21. The summed E-state index contributed by atoms with van der Waals surface area (Å²) in [5, 5.41) is 0. The van der Waals surface area contributed by atoms with E-state index in [2.05, 4.69) is 19.1 Å². The van der Waals surface area contributed by atoms with Gasteiger partial charge in [-0.25, -0.2) is 0 Å². The minimum Gasteiger partial charge on any atom is -0.397 e. The van der Waals surface area contributed by atoms with E-state index < -0.39 is 9.28 Å². The van der Waals surface area contributed by atoms with E-state index in [1.54, 1.807) is 0 Å². The Morgan fingerprint density at radius 1 is 0.824 bits per heavy atom. The van der Waals surface area contributed by atoms with Crippen LogP contribution < -0.4 is 0 Å². The average Bonchev–Trinajstić information content (AvgIpc) is 2.33. The van der Waals surface area contributed by atoms with Crippen LogP contribution in [-0.4, -0.2) is 22.5 Å². The van der Waals surface area contributed by atoms with Crippen LogP contribution in [0.25, 0.3) is 0 Å². The summed E-state index contributed by atoms with van der Waals surface area (Å²) in [6.07, 6.45) is 12.6. The van der Waals surface area contributed by atoms with Gasteiger partial charge in [-0.2, -0.15) is 0 Å². The largest absolute Gasteiger partial charge is 0.397 e. The van der Waals surface area contributed by atoms with Crippen LogP contribution in [0.2, 0.25) is 6.04 Å². The van der Waals surface area contributed by atoms with E-state index in [0.29, 0.717) is 0 Å². The topological polar surface area (TPSA) is 18.5 Å². The average molecular weight is 258 g/mol. The molecule has 0 aromatic heterocycles. The molecule has 3 heteroatoms.